The molecule has 0 N–H and O–H groups in total. The fourth-order valence-electron chi connectivity index (χ4n) is 1.43. The van der Waals surface area contributed by atoms with Crippen LogP contribution in [0.3, 0.4) is 0 Å². The van der Waals surface area contributed by atoms with E-state index < -0.39 is 0 Å². The molecule has 0 aliphatic rings. The molecule has 0 amide bonds. The van der Waals surface area contributed by atoms with Crippen LogP contribution < -0.4 is 0 Å². The van der Waals surface area contributed by atoms with Crippen LogP contribution >= 0.6 is 0 Å². The van der Waals surface area contributed by atoms with Gasteiger partial charge in [-0.2, -0.15) is 0 Å². The second-order valence-electron chi connectivity index (χ2n) is 3.98. The topological polar surface area (TPSA) is 3.24 Å². The molecule has 1 aromatic rings. The molecule has 0 radical (unpaired) electrons. The Morgan fingerprint density at radius 2 is 1.76 bits per heavy atom. The first-order valence-electron chi connectivity index (χ1n) is 6.18. The Labute approximate surface area is 106 Å². The van der Waals surface area contributed by atoms with E-state index in [0.29, 0.717) is 0 Å². The summed E-state index contributed by atoms with van der Waals surface area (Å²) in [4.78, 5) is 2.17. The van der Waals surface area contributed by atoms with Crippen molar-refractivity contribution < 1.29 is 0 Å². The highest BCUT2D eigenvalue weighted by Gasteiger charge is 1.95. The van der Waals surface area contributed by atoms with Gasteiger partial charge in [0.15, 0.2) is 0 Å². The predicted octanol–water partition coefficient (Wildman–Crippen LogP) is 4.54. The highest BCUT2D eigenvalue weighted by molar-refractivity contribution is 5.21. The second-order valence-corrected chi connectivity index (χ2v) is 3.98. The van der Waals surface area contributed by atoms with Gasteiger partial charge in [0.1, 0.15) is 0 Å². The van der Waals surface area contributed by atoms with Crippen molar-refractivity contribution in [3.05, 3.63) is 59.8 Å². The smallest absolute Gasteiger partial charge is 0.0420 e. The highest BCUT2D eigenvalue weighted by Crippen LogP contribution is 2.07. The van der Waals surface area contributed by atoms with Crippen molar-refractivity contribution in [3.8, 4) is 0 Å². The van der Waals surface area contributed by atoms with E-state index in [9.17, 15) is 0 Å². The minimum absolute atomic E-state index is 0.936. The van der Waals surface area contributed by atoms with Crippen LogP contribution in [0.4, 0.5) is 0 Å². The summed E-state index contributed by atoms with van der Waals surface area (Å²) >= 11 is 0. The number of aryl methyl sites for hydroxylation is 1. The van der Waals surface area contributed by atoms with Gasteiger partial charge in [-0.15, -0.1) is 0 Å². The third-order valence-corrected chi connectivity index (χ3v) is 2.30. The van der Waals surface area contributed by atoms with Crippen LogP contribution in [-0.2, 0) is 6.54 Å². The number of allylic oxidation sites excluding steroid dienone is 2. The quantitative estimate of drug-likeness (QED) is 0.687. The van der Waals surface area contributed by atoms with Crippen LogP contribution in [0.1, 0.15) is 31.9 Å². The third-order valence-electron chi connectivity index (χ3n) is 2.30. The van der Waals surface area contributed by atoms with Gasteiger partial charge in [-0.1, -0.05) is 56.3 Å². The number of hydrogen-bond donors (Lipinski definition) is 0. The summed E-state index contributed by atoms with van der Waals surface area (Å²) in [5.41, 5.74) is 3.82. The summed E-state index contributed by atoms with van der Waals surface area (Å²) in [5, 5.41) is 0. The molecule has 0 saturated carbocycles. The van der Waals surface area contributed by atoms with Crippen LogP contribution in [0.15, 0.2) is 48.7 Å². The number of rotatable bonds is 4. The maximum absolute atomic E-state index is 3.74. The molecule has 0 heterocycles. The van der Waals surface area contributed by atoms with Crippen LogP contribution in [0.5, 0.6) is 0 Å². The zero-order valence-corrected chi connectivity index (χ0v) is 11.8. The molecule has 17 heavy (non-hydrogen) atoms. The number of hydrogen-bond acceptors (Lipinski definition) is 1. The molecule has 0 saturated heterocycles. The van der Waals surface area contributed by atoms with Crippen molar-refractivity contribution in [1.29, 1.82) is 0 Å². The van der Waals surface area contributed by atoms with Gasteiger partial charge in [-0.05, 0) is 25.0 Å². The van der Waals surface area contributed by atoms with Gasteiger partial charge in [-0.3, -0.25) is 0 Å². The van der Waals surface area contributed by atoms with Crippen LogP contribution in [0.25, 0.3) is 0 Å². The molecule has 1 heteroatoms. The molecule has 0 aromatic heterocycles. The molecule has 0 fully saturated rings. The van der Waals surface area contributed by atoms with Crippen LogP contribution in [0.2, 0.25) is 0 Å². The lowest BCUT2D eigenvalue weighted by Gasteiger charge is -2.15. The average molecular weight is 231 g/mol. The Hall–Kier alpha value is -1.50. The molecule has 1 rings (SSSR count). The molecular formula is C16H25N. The summed E-state index contributed by atoms with van der Waals surface area (Å²) in [6.45, 7) is 12.8. The minimum atomic E-state index is 0.936. The predicted molar refractivity (Wildman–Crippen MR) is 77.9 cm³/mol. The van der Waals surface area contributed by atoms with E-state index in [2.05, 4.69) is 62.8 Å². The first kappa shape index (κ1) is 15.5. The van der Waals surface area contributed by atoms with Crippen LogP contribution in [0, 0.1) is 6.92 Å². The van der Waals surface area contributed by atoms with Crippen molar-refractivity contribution in [2.75, 3.05) is 7.05 Å². The van der Waals surface area contributed by atoms with E-state index >= 15 is 0 Å². The Bertz CT molecular complexity index is 346. The molecule has 0 bridgehead atoms. The Morgan fingerprint density at radius 3 is 2.24 bits per heavy atom. The van der Waals surface area contributed by atoms with E-state index in [0.717, 1.165) is 6.54 Å². The van der Waals surface area contributed by atoms with Crippen molar-refractivity contribution in [2.24, 2.45) is 0 Å². The van der Waals surface area contributed by atoms with Crippen molar-refractivity contribution in [2.45, 2.75) is 34.2 Å². The first-order valence-corrected chi connectivity index (χ1v) is 6.18. The summed E-state index contributed by atoms with van der Waals surface area (Å²) in [7, 11) is 2.08. The lowest BCUT2D eigenvalue weighted by molar-refractivity contribution is 0.448. The van der Waals surface area contributed by atoms with Gasteiger partial charge in [0.25, 0.3) is 0 Å². The average Bonchev–Trinajstić information content (AvgIpc) is 2.34. The van der Waals surface area contributed by atoms with E-state index in [-0.39, 0.29) is 0 Å². The fraction of sp³-hybridized carbons (Fsp3) is 0.375. The van der Waals surface area contributed by atoms with Gasteiger partial charge in [0, 0.05) is 19.8 Å². The summed E-state index contributed by atoms with van der Waals surface area (Å²) in [6, 6.07) is 8.63. The van der Waals surface area contributed by atoms with E-state index in [4.69, 9.17) is 0 Å². The molecule has 1 aromatic carbocycles. The van der Waals surface area contributed by atoms with Gasteiger partial charge in [-0.25, -0.2) is 0 Å². The molecule has 0 atom stereocenters. The Kier molecular flexibility index (Phi) is 7.87. The summed E-state index contributed by atoms with van der Waals surface area (Å²) in [5.74, 6) is 0. The number of nitrogens with zero attached hydrogens (tertiary/aromatic N) is 1. The minimum Gasteiger partial charge on any atom is -0.376 e. The Morgan fingerprint density at radius 1 is 1.24 bits per heavy atom. The zero-order chi connectivity index (χ0) is 13.3. The Balaban J connectivity index is 0.00000121. The highest BCUT2D eigenvalue weighted by atomic mass is 15.1. The SMILES string of the molecule is C=C/C(C)=C\N(C)Cc1ccc(C)cc1.CC. The molecular weight excluding hydrogens is 206 g/mol. The summed E-state index contributed by atoms with van der Waals surface area (Å²) < 4.78 is 0. The molecule has 94 valence electrons. The fourth-order valence-corrected chi connectivity index (χ4v) is 1.43. The third kappa shape index (κ3) is 6.62. The normalized spacial score (nSPS) is 10.3. The lowest BCUT2D eigenvalue weighted by atomic mass is 10.1. The van der Waals surface area contributed by atoms with Crippen molar-refractivity contribution >= 4 is 0 Å². The van der Waals surface area contributed by atoms with E-state index in [1.54, 1.807) is 0 Å². The maximum Gasteiger partial charge on any atom is 0.0420 e. The van der Waals surface area contributed by atoms with Gasteiger partial charge in [0.05, 0.1) is 0 Å². The van der Waals surface area contributed by atoms with Gasteiger partial charge >= 0.3 is 0 Å². The molecule has 1 nitrogen and oxygen atoms in total. The van der Waals surface area contributed by atoms with Crippen molar-refractivity contribution in [1.82, 2.24) is 4.90 Å². The van der Waals surface area contributed by atoms with E-state index in [1.807, 2.05) is 19.9 Å². The molecule has 0 spiro atoms. The zero-order valence-electron chi connectivity index (χ0n) is 11.8. The van der Waals surface area contributed by atoms with Crippen molar-refractivity contribution in [3.63, 3.8) is 0 Å². The summed E-state index contributed by atoms with van der Waals surface area (Å²) in [6.07, 6.45) is 3.97. The second kappa shape index (κ2) is 8.63. The maximum atomic E-state index is 3.74. The first-order chi connectivity index (χ1) is 8.11. The van der Waals surface area contributed by atoms with E-state index in [1.165, 1.54) is 16.7 Å². The van der Waals surface area contributed by atoms with Gasteiger partial charge < -0.3 is 4.90 Å². The lowest BCUT2D eigenvalue weighted by Crippen LogP contribution is -2.10. The molecule has 0 aliphatic heterocycles. The van der Waals surface area contributed by atoms with Gasteiger partial charge in [0.2, 0.25) is 0 Å². The standard InChI is InChI=1S/C14H19N.C2H6/c1-5-12(2)10-15(4)11-14-8-6-13(3)7-9-14;1-2/h5-10H,1,11H2,2-4H3;1-2H3/b12-10-;. The molecule has 0 aliphatic carbocycles. The monoisotopic (exact) mass is 231 g/mol. The largest absolute Gasteiger partial charge is 0.376 e. The molecule has 0 unspecified atom stereocenters. The number of benzene rings is 1. The van der Waals surface area contributed by atoms with Crippen LogP contribution in [-0.4, -0.2) is 11.9 Å².